The average Bonchev–Trinajstić information content (AvgIpc) is 2.90. The lowest BCUT2D eigenvalue weighted by molar-refractivity contribution is 0.0480. The van der Waals surface area contributed by atoms with Gasteiger partial charge in [0.25, 0.3) is 5.92 Å². The molecule has 4 aromatic rings. The Bertz CT molecular complexity index is 1130. The quantitative estimate of drug-likeness (QED) is 0.416. The Kier molecular flexibility index (Phi) is 2.84. The van der Waals surface area contributed by atoms with Gasteiger partial charge in [-0.05, 0) is 28.5 Å². The van der Waals surface area contributed by atoms with E-state index in [4.69, 9.17) is 0 Å². The number of halogens is 2. The molecule has 0 spiro atoms. The van der Waals surface area contributed by atoms with Crippen LogP contribution in [0.2, 0.25) is 0 Å². The fraction of sp³-hybridized carbons (Fsp3) is 0.0455. The van der Waals surface area contributed by atoms with E-state index in [9.17, 15) is 8.78 Å². The van der Waals surface area contributed by atoms with E-state index in [1.807, 2.05) is 42.5 Å². The molecule has 1 nitrogen and oxygen atoms in total. The Morgan fingerprint density at radius 1 is 0.720 bits per heavy atom. The van der Waals surface area contributed by atoms with Crippen LogP contribution in [0, 0.1) is 0 Å². The standard InChI is InChI=1S/C22H13F2N/c23-22(24)18-8-4-3-7-17(18)20-19(22)11-12-25-21(20)16-10-9-14-5-1-2-6-15(14)13-16/h1-13H. The molecule has 0 saturated carbocycles. The van der Waals surface area contributed by atoms with Crippen molar-refractivity contribution in [1.82, 2.24) is 4.98 Å². The molecular formula is C22H13F2N. The van der Waals surface area contributed by atoms with Crippen LogP contribution in [0.15, 0.2) is 79.0 Å². The summed E-state index contributed by atoms with van der Waals surface area (Å²) in [5.41, 5.74) is 2.65. The molecule has 0 radical (unpaired) electrons. The highest BCUT2D eigenvalue weighted by molar-refractivity contribution is 5.93. The van der Waals surface area contributed by atoms with Crippen LogP contribution in [0.3, 0.4) is 0 Å². The molecule has 0 unspecified atom stereocenters. The van der Waals surface area contributed by atoms with Crippen molar-refractivity contribution in [1.29, 1.82) is 0 Å². The number of hydrogen-bond acceptors (Lipinski definition) is 1. The fourth-order valence-corrected chi connectivity index (χ4v) is 3.67. The summed E-state index contributed by atoms with van der Waals surface area (Å²) >= 11 is 0. The van der Waals surface area contributed by atoms with Crippen molar-refractivity contribution in [2.75, 3.05) is 0 Å². The maximum atomic E-state index is 14.9. The van der Waals surface area contributed by atoms with Crippen LogP contribution in [0.25, 0.3) is 33.2 Å². The Morgan fingerprint density at radius 2 is 1.48 bits per heavy atom. The number of nitrogens with zero attached hydrogens (tertiary/aromatic N) is 1. The normalized spacial score (nSPS) is 14.3. The van der Waals surface area contributed by atoms with Gasteiger partial charge in [0.05, 0.1) is 5.69 Å². The molecule has 120 valence electrons. The summed E-state index contributed by atoms with van der Waals surface area (Å²) in [7, 11) is 0. The zero-order valence-corrected chi connectivity index (χ0v) is 13.2. The summed E-state index contributed by atoms with van der Waals surface area (Å²) in [4.78, 5) is 4.46. The first-order valence-corrected chi connectivity index (χ1v) is 8.12. The maximum absolute atomic E-state index is 14.9. The minimum Gasteiger partial charge on any atom is -0.256 e. The minimum absolute atomic E-state index is 0.0341. The second-order valence-corrected chi connectivity index (χ2v) is 6.26. The van der Waals surface area contributed by atoms with Crippen molar-refractivity contribution in [2.24, 2.45) is 0 Å². The van der Waals surface area contributed by atoms with Gasteiger partial charge in [-0.2, -0.15) is 8.78 Å². The molecule has 1 aliphatic rings. The van der Waals surface area contributed by atoms with Gasteiger partial charge in [0.1, 0.15) is 0 Å². The molecule has 0 aliphatic heterocycles. The van der Waals surface area contributed by atoms with Gasteiger partial charge in [0.2, 0.25) is 0 Å². The highest BCUT2D eigenvalue weighted by Gasteiger charge is 2.45. The van der Waals surface area contributed by atoms with Crippen molar-refractivity contribution < 1.29 is 8.78 Å². The Balaban J connectivity index is 1.82. The van der Waals surface area contributed by atoms with E-state index in [1.54, 1.807) is 18.2 Å². The van der Waals surface area contributed by atoms with Crippen molar-refractivity contribution in [2.45, 2.75) is 5.92 Å². The van der Waals surface area contributed by atoms with Crippen molar-refractivity contribution in [3.8, 4) is 22.4 Å². The van der Waals surface area contributed by atoms with Crippen LogP contribution in [0.4, 0.5) is 8.78 Å². The van der Waals surface area contributed by atoms with E-state index in [2.05, 4.69) is 4.98 Å². The predicted octanol–water partition coefficient (Wildman–Crippen LogP) is 6.02. The monoisotopic (exact) mass is 329 g/mol. The topological polar surface area (TPSA) is 12.9 Å². The van der Waals surface area contributed by atoms with Gasteiger partial charge in [-0.25, -0.2) is 0 Å². The molecule has 0 N–H and O–H groups in total. The van der Waals surface area contributed by atoms with Gasteiger partial charge in [-0.3, -0.25) is 4.98 Å². The summed E-state index contributed by atoms with van der Waals surface area (Å²) in [6, 6.07) is 22.1. The molecule has 1 aromatic heterocycles. The number of pyridine rings is 1. The molecule has 0 bridgehead atoms. The molecule has 0 atom stereocenters. The van der Waals surface area contributed by atoms with Gasteiger partial charge in [-0.1, -0.05) is 60.7 Å². The van der Waals surface area contributed by atoms with Gasteiger partial charge < -0.3 is 0 Å². The lowest BCUT2D eigenvalue weighted by atomic mass is 9.97. The van der Waals surface area contributed by atoms with Crippen LogP contribution < -0.4 is 0 Å². The smallest absolute Gasteiger partial charge is 0.256 e. The van der Waals surface area contributed by atoms with E-state index in [0.717, 1.165) is 16.3 Å². The summed E-state index contributed by atoms with van der Waals surface area (Å²) in [5, 5.41) is 2.18. The summed E-state index contributed by atoms with van der Waals surface area (Å²) < 4.78 is 29.7. The van der Waals surface area contributed by atoms with E-state index >= 15 is 0 Å². The third kappa shape index (κ3) is 1.96. The maximum Gasteiger partial charge on any atom is 0.299 e. The molecule has 0 fully saturated rings. The van der Waals surface area contributed by atoms with E-state index in [0.29, 0.717) is 16.8 Å². The molecule has 0 saturated heterocycles. The summed E-state index contributed by atoms with van der Waals surface area (Å²) in [6.07, 6.45) is 1.48. The Hall–Kier alpha value is -3.07. The van der Waals surface area contributed by atoms with Gasteiger partial charge in [-0.15, -0.1) is 0 Å². The van der Waals surface area contributed by atoms with Crippen LogP contribution in [-0.4, -0.2) is 4.98 Å². The molecule has 25 heavy (non-hydrogen) atoms. The lowest BCUT2D eigenvalue weighted by Gasteiger charge is -2.12. The molecule has 5 rings (SSSR count). The van der Waals surface area contributed by atoms with Crippen LogP contribution in [0.1, 0.15) is 11.1 Å². The lowest BCUT2D eigenvalue weighted by Crippen LogP contribution is -2.10. The number of benzene rings is 3. The number of alkyl halides is 2. The average molecular weight is 329 g/mol. The molecular weight excluding hydrogens is 316 g/mol. The van der Waals surface area contributed by atoms with Crippen LogP contribution in [-0.2, 0) is 5.92 Å². The Labute approximate surface area is 143 Å². The van der Waals surface area contributed by atoms with Crippen LogP contribution >= 0.6 is 0 Å². The first-order chi connectivity index (χ1) is 12.2. The highest BCUT2D eigenvalue weighted by Crippen LogP contribution is 2.53. The van der Waals surface area contributed by atoms with E-state index < -0.39 is 5.92 Å². The third-order valence-electron chi connectivity index (χ3n) is 4.85. The highest BCUT2D eigenvalue weighted by atomic mass is 19.3. The number of hydrogen-bond donors (Lipinski definition) is 0. The van der Waals surface area contributed by atoms with E-state index in [1.165, 1.54) is 18.3 Å². The number of aromatic nitrogens is 1. The number of rotatable bonds is 1. The minimum atomic E-state index is -2.99. The molecule has 0 amide bonds. The SMILES string of the molecule is FC1(F)c2ccccc2-c2c1ccnc2-c1ccc2ccccc2c1. The van der Waals surface area contributed by atoms with Crippen molar-refractivity contribution in [3.63, 3.8) is 0 Å². The molecule has 1 aliphatic carbocycles. The second kappa shape index (κ2) is 4.96. The molecule has 1 heterocycles. The number of fused-ring (bicyclic) bond motifs is 4. The Morgan fingerprint density at radius 3 is 2.36 bits per heavy atom. The zero-order valence-electron chi connectivity index (χ0n) is 13.2. The predicted molar refractivity (Wildman–Crippen MR) is 95.6 cm³/mol. The van der Waals surface area contributed by atoms with Gasteiger partial charge in [0, 0.05) is 28.5 Å². The zero-order chi connectivity index (χ0) is 17.0. The fourth-order valence-electron chi connectivity index (χ4n) is 3.67. The largest absolute Gasteiger partial charge is 0.299 e. The first-order valence-electron chi connectivity index (χ1n) is 8.12. The van der Waals surface area contributed by atoms with Gasteiger partial charge in [0.15, 0.2) is 0 Å². The molecule has 3 heteroatoms. The second-order valence-electron chi connectivity index (χ2n) is 6.26. The van der Waals surface area contributed by atoms with Crippen molar-refractivity contribution in [3.05, 3.63) is 90.1 Å². The first kappa shape index (κ1) is 14.3. The van der Waals surface area contributed by atoms with Gasteiger partial charge >= 0.3 is 0 Å². The third-order valence-corrected chi connectivity index (χ3v) is 4.85. The molecule has 3 aromatic carbocycles. The summed E-state index contributed by atoms with van der Waals surface area (Å²) in [5.74, 6) is -2.99. The van der Waals surface area contributed by atoms with Crippen LogP contribution in [0.5, 0.6) is 0 Å². The van der Waals surface area contributed by atoms with E-state index in [-0.39, 0.29) is 11.1 Å². The van der Waals surface area contributed by atoms with Crippen molar-refractivity contribution >= 4 is 10.8 Å². The summed E-state index contributed by atoms with van der Waals surface area (Å²) in [6.45, 7) is 0.